The van der Waals surface area contributed by atoms with Crippen molar-refractivity contribution in [1.29, 1.82) is 0 Å². The number of aromatic amines is 2. The predicted octanol–water partition coefficient (Wildman–Crippen LogP) is 2.57. The Labute approximate surface area is 237 Å². The zero-order valence-electron chi connectivity index (χ0n) is 23.3. The van der Waals surface area contributed by atoms with Crippen molar-refractivity contribution in [2.45, 2.75) is 38.1 Å². The van der Waals surface area contributed by atoms with Crippen molar-refractivity contribution < 1.29 is 9.59 Å². The molecule has 0 aliphatic heterocycles. The Bertz CT molecular complexity index is 1590. The fraction of sp³-hybridized carbons (Fsp3) is 0.367. The van der Waals surface area contributed by atoms with Crippen LogP contribution in [0.25, 0.3) is 22.0 Å². The monoisotopic (exact) mass is 556 g/mol. The Hall–Kier alpha value is -4.35. The summed E-state index contributed by atoms with van der Waals surface area (Å²) < 4.78 is 0. The van der Waals surface area contributed by atoms with Crippen molar-refractivity contribution in [3.8, 4) is 11.1 Å². The molecule has 0 saturated heterocycles. The van der Waals surface area contributed by atoms with Crippen LogP contribution in [0.2, 0.25) is 0 Å². The van der Waals surface area contributed by atoms with E-state index >= 15 is 0 Å². The van der Waals surface area contributed by atoms with Gasteiger partial charge in [-0.3, -0.25) is 24.6 Å². The zero-order valence-corrected chi connectivity index (χ0v) is 23.3. The first-order valence-electron chi connectivity index (χ1n) is 13.9. The second-order valence-corrected chi connectivity index (χ2v) is 11.0. The molecular weight excluding hydrogens is 520 g/mol. The molecular formula is C30H36N8O3. The van der Waals surface area contributed by atoms with Crippen molar-refractivity contribution in [2.75, 3.05) is 30.4 Å². The molecule has 1 aliphatic rings. The van der Waals surface area contributed by atoms with Crippen LogP contribution in [0.4, 0.5) is 11.6 Å². The maximum Gasteiger partial charge on any atom is 0.271 e. The third-order valence-corrected chi connectivity index (χ3v) is 7.86. The second kappa shape index (κ2) is 12.0. The summed E-state index contributed by atoms with van der Waals surface area (Å²) in [5.74, 6) is -0.0603. The maximum absolute atomic E-state index is 13.9. The standard InChI is InChI=1S/C30H36N8O3/c1-37(2)30-33-16-22(17-34-30)21-5-3-4-19(12-21)13-25(32)29(41)38(28(40)20-8-6-18(15-31)7-9-20)23-10-11-24-26(14-23)35-36-27(24)39/h3-5,10-12,14,16-18,20,25H,6-9,13,15,31-32H2,1-2H3,(H2,35,36,39)/t18?,20?,25-/m0/s1. The first-order chi connectivity index (χ1) is 19.7. The number of nitrogens with one attached hydrogen (secondary N) is 2. The Morgan fingerprint density at radius 2 is 1.73 bits per heavy atom. The SMILES string of the molecule is CN(C)c1ncc(-c2cccc(C[C@H](N)C(=O)N(C(=O)C3CCC(CN)CC3)c3ccc4c(=O)[nH][nH]c4c3)c2)cn1. The molecule has 0 radical (unpaired) electrons. The Morgan fingerprint density at radius 3 is 2.41 bits per heavy atom. The number of carbonyl (C=O) groups is 2. The number of imide groups is 1. The van der Waals surface area contributed by atoms with Crippen LogP contribution >= 0.6 is 0 Å². The average molecular weight is 557 g/mol. The van der Waals surface area contributed by atoms with E-state index < -0.39 is 11.9 Å². The van der Waals surface area contributed by atoms with Crippen LogP contribution in [-0.4, -0.2) is 58.7 Å². The minimum atomic E-state index is -0.970. The maximum atomic E-state index is 13.9. The van der Waals surface area contributed by atoms with Gasteiger partial charge in [0, 0.05) is 38.0 Å². The van der Waals surface area contributed by atoms with Crippen LogP contribution in [0, 0.1) is 11.8 Å². The van der Waals surface area contributed by atoms with E-state index in [2.05, 4.69) is 20.2 Å². The molecule has 214 valence electrons. The van der Waals surface area contributed by atoms with Gasteiger partial charge >= 0.3 is 0 Å². The highest BCUT2D eigenvalue weighted by molar-refractivity contribution is 6.17. The minimum absolute atomic E-state index is 0.232. The third kappa shape index (κ3) is 6.06. The average Bonchev–Trinajstić information content (AvgIpc) is 3.37. The lowest BCUT2D eigenvalue weighted by molar-refractivity contribution is -0.130. The topological polar surface area (TPSA) is 167 Å². The van der Waals surface area contributed by atoms with Crippen molar-refractivity contribution >= 4 is 34.4 Å². The molecule has 2 amide bonds. The molecule has 11 heteroatoms. The first-order valence-corrected chi connectivity index (χ1v) is 13.9. The van der Waals surface area contributed by atoms with E-state index in [1.807, 2.05) is 43.3 Å². The van der Waals surface area contributed by atoms with Gasteiger partial charge in [0.2, 0.25) is 11.9 Å². The van der Waals surface area contributed by atoms with Crippen molar-refractivity contribution in [2.24, 2.45) is 23.3 Å². The van der Waals surface area contributed by atoms with E-state index in [4.69, 9.17) is 11.5 Å². The molecule has 4 aromatic rings. The zero-order chi connectivity index (χ0) is 29.1. The van der Waals surface area contributed by atoms with Gasteiger partial charge < -0.3 is 16.4 Å². The quantitative estimate of drug-likeness (QED) is 0.257. The fourth-order valence-corrected chi connectivity index (χ4v) is 5.44. The van der Waals surface area contributed by atoms with Gasteiger partial charge in [0.05, 0.1) is 22.6 Å². The summed E-state index contributed by atoms with van der Waals surface area (Å²) in [6.45, 7) is 0.594. The van der Waals surface area contributed by atoms with Crippen molar-refractivity contribution in [3.63, 3.8) is 0 Å². The number of nitrogens with zero attached hydrogens (tertiary/aromatic N) is 4. The number of hydrogen-bond donors (Lipinski definition) is 4. The van der Waals surface area contributed by atoms with Crippen LogP contribution in [-0.2, 0) is 16.0 Å². The lowest BCUT2D eigenvalue weighted by atomic mass is 9.81. The van der Waals surface area contributed by atoms with Gasteiger partial charge in [-0.15, -0.1) is 0 Å². The van der Waals surface area contributed by atoms with Gasteiger partial charge in [0.15, 0.2) is 0 Å². The number of amides is 2. The highest BCUT2D eigenvalue weighted by Crippen LogP contribution is 2.32. The molecule has 5 rings (SSSR count). The summed E-state index contributed by atoms with van der Waals surface area (Å²) in [4.78, 5) is 51.6. The van der Waals surface area contributed by atoms with Crippen molar-refractivity contribution in [3.05, 3.63) is 70.8 Å². The Kier molecular flexibility index (Phi) is 8.27. The molecule has 0 bridgehead atoms. The van der Waals surface area contributed by atoms with Gasteiger partial charge in [0.1, 0.15) is 0 Å². The molecule has 41 heavy (non-hydrogen) atoms. The van der Waals surface area contributed by atoms with E-state index in [-0.39, 0.29) is 23.8 Å². The molecule has 1 atom stereocenters. The number of aromatic nitrogens is 4. The van der Waals surface area contributed by atoms with Crippen LogP contribution in [0.5, 0.6) is 0 Å². The van der Waals surface area contributed by atoms with Gasteiger partial charge in [-0.05, 0) is 73.9 Å². The van der Waals surface area contributed by atoms with Crippen LogP contribution < -0.4 is 26.8 Å². The number of rotatable bonds is 8. The summed E-state index contributed by atoms with van der Waals surface area (Å²) in [6, 6.07) is 11.6. The largest absolute Gasteiger partial charge is 0.347 e. The fourth-order valence-electron chi connectivity index (χ4n) is 5.44. The molecule has 1 aliphatic carbocycles. The normalized spacial score (nSPS) is 17.8. The molecule has 2 heterocycles. The number of hydrogen-bond acceptors (Lipinski definition) is 8. The molecule has 1 saturated carbocycles. The molecule has 0 unspecified atom stereocenters. The number of anilines is 2. The van der Waals surface area contributed by atoms with E-state index in [9.17, 15) is 14.4 Å². The van der Waals surface area contributed by atoms with Crippen LogP contribution in [0.15, 0.2) is 59.7 Å². The summed E-state index contributed by atoms with van der Waals surface area (Å²) in [5.41, 5.74) is 15.6. The van der Waals surface area contributed by atoms with Gasteiger partial charge in [-0.1, -0.05) is 24.3 Å². The first kappa shape index (κ1) is 28.2. The number of H-pyrrole nitrogens is 2. The molecule has 2 aromatic heterocycles. The highest BCUT2D eigenvalue weighted by atomic mass is 16.2. The number of fused-ring (bicyclic) bond motifs is 1. The smallest absolute Gasteiger partial charge is 0.271 e. The molecule has 2 aromatic carbocycles. The van der Waals surface area contributed by atoms with E-state index in [1.54, 1.807) is 30.6 Å². The number of carbonyl (C=O) groups excluding carboxylic acids is 2. The number of benzene rings is 2. The summed E-state index contributed by atoms with van der Waals surface area (Å²) in [6.07, 6.45) is 6.77. The summed E-state index contributed by atoms with van der Waals surface area (Å²) in [5, 5.41) is 5.80. The molecule has 11 nitrogen and oxygen atoms in total. The lowest BCUT2D eigenvalue weighted by Gasteiger charge is -2.32. The van der Waals surface area contributed by atoms with Crippen LogP contribution in [0.3, 0.4) is 0 Å². The van der Waals surface area contributed by atoms with Crippen LogP contribution in [0.1, 0.15) is 31.2 Å². The van der Waals surface area contributed by atoms with Crippen molar-refractivity contribution in [1.82, 2.24) is 20.2 Å². The van der Waals surface area contributed by atoms with E-state index in [0.717, 1.165) is 29.5 Å². The predicted molar refractivity (Wildman–Crippen MR) is 159 cm³/mol. The number of nitrogens with two attached hydrogens (primary N) is 2. The summed E-state index contributed by atoms with van der Waals surface area (Å²) in [7, 11) is 3.76. The second-order valence-electron chi connectivity index (χ2n) is 11.0. The van der Waals surface area contributed by atoms with Gasteiger partial charge in [-0.25, -0.2) is 14.9 Å². The van der Waals surface area contributed by atoms with E-state index in [0.29, 0.717) is 47.8 Å². The molecule has 1 fully saturated rings. The summed E-state index contributed by atoms with van der Waals surface area (Å²) >= 11 is 0. The Balaban J connectivity index is 1.40. The molecule has 6 N–H and O–H groups in total. The van der Waals surface area contributed by atoms with E-state index in [1.165, 1.54) is 4.90 Å². The molecule has 0 spiro atoms. The lowest BCUT2D eigenvalue weighted by Crippen LogP contribution is -2.50. The van der Waals surface area contributed by atoms with Gasteiger partial charge in [0.25, 0.3) is 11.5 Å². The van der Waals surface area contributed by atoms with Gasteiger partial charge in [-0.2, -0.15) is 0 Å². The highest BCUT2D eigenvalue weighted by Gasteiger charge is 2.35. The third-order valence-electron chi connectivity index (χ3n) is 7.86. The minimum Gasteiger partial charge on any atom is -0.347 e. The Morgan fingerprint density at radius 1 is 1.00 bits per heavy atom.